The fraction of sp³-hybridized carbons (Fsp3) is 0.368. The summed E-state index contributed by atoms with van der Waals surface area (Å²) in [4.78, 5) is 17.4. The molecule has 0 atom stereocenters. The third-order valence-electron chi connectivity index (χ3n) is 4.10. The van der Waals surface area contributed by atoms with Gasteiger partial charge in [0.15, 0.2) is 0 Å². The summed E-state index contributed by atoms with van der Waals surface area (Å²) >= 11 is 0. The summed E-state index contributed by atoms with van der Waals surface area (Å²) in [6, 6.07) is 6.56. The third kappa shape index (κ3) is 8.06. The van der Waals surface area contributed by atoms with Crippen LogP contribution in [0.4, 0.5) is 23.4 Å². The predicted octanol–water partition coefficient (Wildman–Crippen LogP) is 2.86. The molecular weight excluding hydrogens is 422 g/mol. The SMILES string of the molecule is N#Cc1ccc(COc2cncc(NC3CCNCC3)n2)c(F)c1.O=C(O)C(F)(F)F. The summed E-state index contributed by atoms with van der Waals surface area (Å²) in [5, 5.41) is 22.5. The number of hydrogen-bond donors (Lipinski definition) is 3. The van der Waals surface area contributed by atoms with Gasteiger partial charge in [-0.2, -0.15) is 23.4 Å². The molecule has 2 aromatic rings. The van der Waals surface area contributed by atoms with Crippen molar-refractivity contribution in [2.45, 2.75) is 31.7 Å². The lowest BCUT2D eigenvalue weighted by molar-refractivity contribution is -0.192. The van der Waals surface area contributed by atoms with Crippen molar-refractivity contribution in [1.29, 1.82) is 5.26 Å². The highest BCUT2D eigenvalue weighted by molar-refractivity contribution is 5.73. The Labute approximate surface area is 174 Å². The number of aliphatic carboxylic acids is 1. The Morgan fingerprint density at radius 1 is 1.32 bits per heavy atom. The van der Waals surface area contributed by atoms with E-state index < -0.39 is 18.0 Å². The summed E-state index contributed by atoms with van der Waals surface area (Å²) in [6.07, 6.45) is 0.124. The van der Waals surface area contributed by atoms with Gasteiger partial charge in [0, 0.05) is 11.6 Å². The van der Waals surface area contributed by atoms with Crippen LogP contribution in [0.1, 0.15) is 24.0 Å². The summed E-state index contributed by atoms with van der Waals surface area (Å²) < 4.78 is 51.1. The topological polar surface area (TPSA) is 120 Å². The molecule has 0 radical (unpaired) electrons. The Kier molecular flexibility index (Phi) is 8.51. The first kappa shape index (κ1) is 23.8. The van der Waals surface area contributed by atoms with Crippen LogP contribution >= 0.6 is 0 Å². The highest BCUT2D eigenvalue weighted by atomic mass is 19.4. The lowest BCUT2D eigenvalue weighted by Crippen LogP contribution is -2.35. The number of carboxylic acid groups (broad SMARTS) is 1. The van der Waals surface area contributed by atoms with Gasteiger partial charge in [-0.1, -0.05) is 6.07 Å². The van der Waals surface area contributed by atoms with Crippen molar-refractivity contribution in [1.82, 2.24) is 15.3 Å². The number of hydrogen-bond acceptors (Lipinski definition) is 7. The lowest BCUT2D eigenvalue weighted by Gasteiger charge is -2.24. The van der Waals surface area contributed by atoms with E-state index in [0.717, 1.165) is 25.9 Å². The number of nitriles is 1. The number of rotatable bonds is 5. The van der Waals surface area contributed by atoms with E-state index in [-0.39, 0.29) is 12.2 Å². The molecule has 0 unspecified atom stereocenters. The van der Waals surface area contributed by atoms with Crippen molar-refractivity contribution < 1.29 is 32.2 Å². The molecule has 3 N–H and O–H groups in total. The maximum absolute atomic E-state index is 13.8. The molecule has 1 aromatic carbocycles. The van der Waals surface area contributed by atoms with Crippen LogP contribution in [0.25, 0.3) is 0 Å². The monoisotopic (exact) mass is 441 g/mol. The Balaban J connectivity index is 0.000000423. The molecule has 31 heavy (non-hydrogen) atoms. The summed E-state index contributed by atoms with van der Waals surface area (Å²) in [5.41, 5.74) is 0.650. The van der Waals surface area contributed by atoms with Gasteiger partial charge >= 0.3 is 12.1 Å². The number of nitrogens with one attached hydrogen (secondary N) is 2. The van der Waals surface area contributed by atoms with Crippen molar-refractivity contribution in [3.63, 3.8) is 0 Å². The van der Waals surface area contributed by atoms with Gasteiger partial charge in [-0.05, 0) is 38.1 Å². The number of benzene rings is 1. The minimum Gasteiger partial charge on any atom is -0.475 e. The van der Waals surface area contributed by atoms with E-state index >= 15 is 0 Å². The molecule has 1 fully saturated rings. The first-order valence-corrected chi connectivity index (χ1v) is 9.09. The van der Waals surface area contributed by atoms with Crippen LogP contribution in [0.2, 0.25) is 0 Å². The number of ether oxygens (including phenoxy) is 1. The lowest BCUT2D eigenvalue weighted by atomic mass is 10.1. The Hall–Kier alpha value is -3.46. The van der Waals surface area contributed by atoms with Crippen LogP contribution in [-0.4, -0.2) is 46.4 Å². The minimum atomic E-state index is -5.08. The largest absolute Gasteiger partial charge is 0.490 e. The standard InChI is InChI=1S/C17H18FN5O.C2HF3O2/c18-15-7-12(8-19)1-2-13(15)11-24-17-10-21-9-16(23-17)22-14-3-5-20-6-4-14;3-2(4,5)1(6)7/h1-2,7,9-10,14,20H,3-6,11H2,(H,22,23);(H,6,7). The number of alkyl halides is 3. The second kappa shape index (κ2) is 11.1. The zero-order valence-electron chi connectivity index (χ0n) is 16.1. The average molecular weight is 441 g/mol. The number of carboxylic acids is 1. The van der Waals surface area contributed by atoms with E-state index in [1.165, 1.54) is 12.3 Å². The summed E-state index contributed by atoms with van der Waals surface area (Å²) in [5.74, 6) is -2.24. The molecule has 3 rings (SSSR count). The van der Waals surface area contributed by atoms with Gasteiger partial charge in [0.25, 0.3) is 0 Å². The van der Waals surface area contributed by atoms with Crippen LogP contribution in [0.5, 0.6) is 5.88 Å². The second-order valence-electron chi connectivity index (χ2n) is 6.42. The molecule has 0 spiro atoms. The second-order valence-corrected chi connectivity index (χ2v) is 6.42. The number of aromatic nitrogens is 2. The maximum Gasteiger partial charge on any atom is 0.490 e. The van der Waals surface area contributed by atoms with Crippen LogP contribution in [0, 0.1) is 17.1 Å². The molecule has 0 aliphatic carbocycles. The van der Waals surface area contributed by atoms with Gasteiger partial charge in [0.1, 0.15) is 18.2 Å². The molecule has 1 saturated heterocycles. The number of anilines is 1. The van der Waals surface area contributed by atoms with Crippen molar-refractivity contribution in [2.24, 2.45) is 0 Å². The van der Waals surface area contributed by atoms with Crippen molar-refractivity contribution in [3.8, 4) is 11.9 Å². The number of piperidine rings is 1. The van der Waals surface area contributed by atoms with E-state index in [4.69, 9.17) is 19.9 Å². The van der Waals surface area contributed by atoms with E-state index in [1.54, 1.807) is 18.3 Å². The van der Waals surface area contributed by atoms with E-state index in [0.29, 0.717) is 23.3 Å². The van der Waals surface area contributed by atoms with Gasteiger partial charge in [-0.25, -0.2) is 9.18 Å². The average Bonchev–Trinajstić information content (AvgIpc) is 2.73. The highest BCUT2D eigenvalue weighted by Gasteiger charge is 2.38. The smallest absolute Gasteiger partial charge is 0.475 e. The van der Waals surface area contributed by atoms with Gasteiger partial charge < -0.3 is 20.5 Å². The van der Waals surface area contributed by atoms with Crippen molar-refractivity contribution in [3.05, 3.63) is 47.5 Å². The molecule has 166 valence electrons. The van der Waals surface area contributed by atoms with Crippen LogP contribution in [0.15, 0.2) is 30.6 Å². The normalized spacial score (nSPS) is 14.0. The molecule has 0 amide bonds. The van der Waals surface area contributed by atoms with Gasteiger partial charge in [0.05, 0.1) is 24.0 Å². The third-order valence-corrected chi connectivity index (χ3v) is 4.10. The van der Waals surface area contributed by atoms with Crippen LogP contribution in [0.3, 0.4) is 0 Å². The molecule has 12 heteroatoms. The Morgan fingerprint density at radius 3 is 2.58 bits per heavy atom. The van der Waals surface area contributed by atoms with Gasteiger partial charge in [-0.15, -0.1) is 0 Å². The maximum atomic E-state index is 13.8. The molecular formula is C19H19F4N5O3. The Bertz CT molecular complexity index is 927. The fourth-order valence-electron chi connectivity index (χ4n) is 2.55. The molecule has 0 bridgehead atoms. The number of carbonyl (C=O) groups is 1. The quantitative estimate of drug-likeness (QED) is 0.606. The van der Waals surface area contributed by atoms with E-state index in [1.807, 2.05) is 6.07 Å². The zero-order chi connectivity index (χ0) is 22.9. The molecule has 8 nitrogen and oxygen atoms in total. The number of nitrogens with zero attached hydrogens (tertiary/aromatic N) is 3. The van der Waals surface area contributed by atoms with E-state index in [2.05, 4.69) is 20.6 Å². The van der Waals surface area contributed by atoms with E-state index in [9.17, 15) is 17.6 Å². The van der Waals surface area contributed by atoms with Crippen molar-refractivity contribution in [2.75, 3.05) is 18.4 Å². The fourth-order valence-corrected chi connectivity index (χ4v) is 2.55. The molecule has 2 heterocycles. The predicted molar refractivity (Wildman–Crippen MR) is 101 cm³/mol. The molecule has 1 aromatic heterocycles. The highest BCUT2D eigenvalue weighted by Crippen LogP contribution is 2.16. The zero-order valence-corrected chi connectivity index (χ0v) is 16.1. The Morgan fingerprint density at radius 2 is 2.00 bits per heavy atom. The van der Waals surface area contributed by atoms with Crippen molar-refractivity contribution >= 4 is 11.8 Å². The number of halogens is 4. The molecule has 0 saturated carbocycles. The van der Waals surface area contributed by atoms with Crippen LogP contribution < -0.4 is 15.4 Å². The summed E-state index contributed by atoms with van der Waals surface area (Å²) in [6.45, 7) is 2.00. The molecule has 1 aliphatic heterocycles. The minimum absolute atomic E-state index is 0.0308. The summed E-state index contributed by atoms with van der Waals surface area (Å²) in [7, 11) is 0. The van der Waals surface area contributed by atoms with Gasteiger partial charge in [-0.3, -0.25) is 4.98 Å². The van der Waals surface area contributed by atoms with Crippen LogP contribution in [-0.2, 0) is 11.4 Å². The molecule has 1 aliphatic rings. The first-order chi connectivity index (χ1) is 14.7. The first-order valence-electron chi connectivity index (χ1n) is 9.09. The van der Waals surface area contributed by atoms with Gasteiger partial charge in [0.2, 0.25) is 5.88 Å².